The molecule has 2 rings (SSSR count). The molecule has 118 valence electrons. The molecule has 0 radical (unpaired) electrons. The van der Waals surface area contributed by atoms with Crippen LogP contribution in [0.5, 0.6) is 5.75 Å². The fraction of sp³-hybridized carbons (Fsp3) is 0.412. The van der Waals surface area contributed by atoms with Crippen molar-refractivity contribution in [2.75, 3.05) is 14.2 Å². The van der Waals surface area contributed by atoms with Gasteiger partial charge in [-0.1, -0.05) is 39.0 Å². The number of nitrogens with one attached hydrogen (secondary N) is 1. The fourth-order valence-corrected chi connectivity index (χ4v) is 2.17. The predicted molar refractivity (Wildman–Crippen MR) is 86.1 cm³/mol. The van der Waals surface area contributed by atoms with E-state index in [-0.39, 0.29) is 11.3 Å². The number of para-hydroxylation sites is 1. The molecule has 0 fully saturated rings. The van der Waals surface area contributed by atoms with Gasteiger partial charge in [-0.3, -0.25) is 9.89 Å². The molecular weight excluding hydrogens is 278 g/mol. The molecule has 0 spiro atoms. The lowest BCUT2D eigenvalue weighted by atomic mass is 9.92. The maximum Gasteiger partial charge on any atom is 0.274 e. The Kier molecular flexibility index (Phi) is 4.54. The number of H-pyrrole nitrogens is 1. The van der Waals surface area contributed by atoms with E-state index in [0.717, 1.165) is 17.0 Å². The number of benzene rings is 1. The maximum absolute atomic E-state index is 12.5. The van der Waals surface area contributed by atoms with Crippen molar-refractivity contribution in [2.45, 2.75) is 32.7 Å². The minimum Gasteiger partial charge on any atom is -0.496 e. The van der Waals surface area contributed by atoms with Gasteiger partial charge in [0.25, 0.3) is 5.91 Å². The Morgan fingerprint density at radius 2 is 2.00 bits per heavy atom. The van der Waals surface area contributed by atoms with Gasteiger partial charge in [0, 0.05) is 30.3 Å². The van der Waals surface area contributed by atoms with Gasteiger partial charge in [0.2, 0.25) is 0 Å². The first-order chi connectivity index (χ1) is 10.3. The summed E-state index contributed by atoms with van der Waals surface area (Å²) in [5, 5.41) is 7.09. The first-order valence-electron chi connectivity index (χ1n) is 7.26. The zero-order valence-electron chi connectivity index (χ0n) is 13.8. The number of carbonyl (C=O) groups excluding carboxylic acids is 1. The Morgan fingerprint density at radius 3 is 2.59 bits per heavy atom. The normalized spacial score (nSPS) is 11.3. The number of ether oxygens (including phenoxy) is 1. The third kappa shape index (κ3) is 3.47. The van der Waals surface area contributed by atoms with Crippen LogP contribution < -0.4 is 4.74 Å². The summed E-state index contributed by atoms with van der Waals surface area (Å²) in [6.45, 7) is 6.70. The van der Waals surface area contributed by atoms with Gasteiger partial charge in [-0.05, 0) is 12.1 Å². The smallest absolute Gasteiger partial charge is 0.274 e. The topological polar surface area (TPSA) is 58.2 Å². The summed E-state index contributed by atoms with van der Waals surface area (Å²) in [6.07, 6.45) is 0. The first kappa shape index (κ1) is 16.1. The van der Waals surface area contributed by atoms with E-state index in [2.05, 4.69) is 31.0 Å². The maximum atomic E-state index is 12.5. The number of aromatic nitrogens is 2. The van der Waals surface area contributed by atoms with Gasteiger partial charge in [0.05, 0.1) is 7.11 Å². The highest BCUT2D eigenvalue weighted by atomic mass is 16.5. The van der Waals surface area contributed by atoms with Crippen molar-refractivity contribution in [3.05, 3.63) is 47.3 Å². The van der Waals surface area contributed by atoms with Crippen molar-refractivity contribution in [3.63, 3.8) is 0 Å². The Morgan fingerprint density at radius 1 is 1.32 bits per heavy atom. The summed E-state index contributed by atoms with van der Waals surface area (Å²) in [5.74, 6) is 0.664. The van der Waals surface area contributed by atoms with Crippen LogP contribution in [0.2, 0.25) is 0 Å². The van der Waals surface area contributed by atoms with Gasteiger partial charge >= 0.3 is 0 Å². The molecule has 5 nitrogen and oxygen atoms in total. The van der Waals surface area contributed by atoms with Crippen molar-refractivity contribution in [1.29, 1.82) is 0 Å². The molecule has 5 heteroatoms. The molecule has 0 saturated carbocycles. The van der Waals surface area contributed by atoms with Crippen LogP contribution in [0.1, 0.15) is 42.5 Å². The highest BCUT2D eigenvalue weighted by molar-refractivity contribution is 5.92. The lowest BCUT2D eigenvalue weighted by Gasteiger charge is -2.18. The molecule has 1 aromatic heterocycles. The fourth-order valence-electron chi connectivity index (χ4n) is 2.17. The van der Waals surface area contributed by atoms with E-state index >= 15 is 0 Å². The van der Waals surface area contributed by atoms with Crippen molar-refractivity contribution >= 4 is 5.91 Å². The quantitative estimate of drug-likeness (QED) is 0.944. The molecule has 0 saturated heterocycles. The van der Waals surface area contributed by atoms with Crippen molar-refractivity contribution in [2.24, 2.45) is 0 Å². The molecular formula is C17H23N3O2. The second-order valence-electron chi connectivity index (χ2n) is 6.39. The summed E-state index contributed by atoms with van der Waals surface area (Å²) in [5.41, 5.74) is 2.28. The van der Waals surface area contributed by atoms with E-state index in [4.69, 9.17) is 4.74 Å². The van der Waals surface area contributed by atoms with Gasteiger partial charge in [0.15, 0.2) is 0 Å². The second kappa shape index (κ2) is 6.22. The molecule has 0 unspecified atom stereocenters. The van der Waals surface area contributed by atoms with Gasteiger partial charge in [-0.2, -0.15) is 5.10 Å². The van der Waals surface area contributed by atoms with Crippen LogP contribution in [0.15, 0.2) is 30.3 Å². The number of amides is 1. The molecule has 22 heavy (non-hydrogen) atoms. The van der Waals surface area contributed by atoms with Crippen molar-refractivity contribution < 1.29 is 9.53 Å². The standard InChI is InChI=1S/C17H23N3O2/c1-17(2,3)15-10-13(18-19-15)16(21)20(4)11-12-8-6-7-9-14(12)22-5/h6-10H,11H2,1-5H3,(H,18,19). The van der Waals surface area contributed by atoms with Crippen molar-refractivity contribution in [1.82, 2.24) is 15.1 Å². The SMILES string of the molecule is COc1ccccc1CN(C)C(=O)c1cc(C(C)(C)C)[nH]n1. The Labute approximate surface area is 131 Å². The third-order valence-corrected chi connectivity index (χ3v) is 3.55. The highest BCUT2D eigenvalue weighted by Gasteiger charge is 2.21. The van der Waals surface area contributed by atoms with Crippen LogP contribution in [0.25, 0.3) is 0 Å². The van der Waals surface area contributed by atoms with Crippen LogP contribution in [0, 0.1) is 0 Å². The van der Waals surface area contributed by atoms with Gasteiger partial charge in [-0.15, -0.1) is 0 Å². The predicted octanol–water partition coefficient (Wildman–Crippen LogP) is 2.99. The van der Waals surface area contributed by atoms with Crippen LogP contribution in [0.3, 0.4) is 0 Å². The van der Waals surface area contributed by atoms with Crippen LogP contribution in [0.4, 0.5) is 0 Å². The summed E-state index contributed by atoms with van der Waals surface area (Å²) >= 11 is 0. The highest BCUT2D eigenvalue weighted by Crippen LogP contribution is 2.22. The molecule has 1 aromatic carbocycles. The van der Waals surface area contributed by atoms with Crippen LogP contribution in [-0.4, -0.2) is 35.2 Å². The molecule has 1 N–H and O–H groups in total. The molecule has 2 aromatic rings. The summed E-state index contributed by atoms with van der Waals surface area (Å²) < 4.78 is 5.32. The summed E-state index contributed by atoms with van der Waals surface area (Å²) in [7, 11) is 3.39. The number of methoxy groups -OCH3 is 1. The van der Waals surface area contributed by atoms with Crippen molar-refractivity contribution in [3.8, 4) is 5.75 Å². The number of aromatic amines is 1. The third-order valence-electron chi connectivity index (χ3n) is 3.55. The molecule has 0 aliphatic heterocycles. The second-order valence-corrected chi connectivity index (χ2v) is 6.39. The first-order valence-corrected chi connectivity index (χ1v) is 7.26. The van der Waals surface area contributed by atoms with Crippen LogP contribution >= 0.6 is 0 Å². The van der Waals surface area contributed by atoms with Gasteiger partial charge in [-0.25, -0.2) is 0 Å². The Bertz CT molecular complexity index is 656. The number of rotatable bonds is 4. The average molecular weight is 301 g/mol. The average Bonchev–Trinajstić information content (AvgIpc) is 2.96. The van der Waals surface area contributed by atoms with E-state index in [1.807, 2.05) is 30.3 Å². The molecule has 0 aliphatic rings. The van der Waals surface area contributed by atoms with E-state index < -0.39 is 0 Å². The van der Waals surface area contributed by atoms with E-state index in [9.17, 15) is 4.79 Å². The molecule has 1 amide bonds. The number of hydrogen-bond donors (Lipinski definition) is 1. The molecule has 0 atom stereocenters. The van der Waals surface area contributed by atoms with Gasteiger partial charge < -0.3 is 9.64 Å². The number of hydrogen-bond acceptors (Lipinski definition) is 3. The molecule has 0 aliphatic carbocycles. The zero-order chi connectivity index (χ0) is 16.3. The largest absolute Gasteiger partial charge is 0.496 e. The van der Waals surface area contributed by atoms with Crippen LogP contribution in [-0.2, 0) is 12.0 Å². The summed E-state index contributed by atoms with van der Waals surface area (Å²) in [6, 6.07) is 9.50. The Hall–Kier alpha value is -2.30. The number of nitrogens with zero attached hydrogens (tertiary/aromatic N) is 2. The monoisotopic (exact) mass is 301 g/mol. The zero-order valence-corrected chi connectivity index (χ0v) is 13.8. The molecule has 1 heterocycles. The Balaban J connectivity index is 2.14. The van der Waals surface area contributed by atoms with E-state index in [0.29, 0.717) is 12.2 Å². The summed E-state index contributed by atoms with van der Waals surface area (Å²) in [4.78, 5) is 14.1. The van der Waals surface area contributed by atoms with E-state index in [1.54, 1.807) is 19.1 Å². The van der Waals surface area contributed by atoms with E-state index in [1.165, 1.54) is 0 Å². The number of carbonyl (C=O) groups is 1. The molecule has 0 bridgehead atoms. The minimum atomic E-state index is -0.113. The minimum absolute atomic E-state index is 0.0627. The lowest BCUT2D eigenvalue weighted by molar-refractivity contribution is 0.0778. The lowest BCUT2D eigenvalue weighted by Crippen LogP contribution is -2.26. The van der Waals surface area contributed by atoms with Gasteiger partial charge in [0.1, 0.15) is 11.4 Å².